The molecule has 0 saturated carbocycles. The fourth-order valence-corrected chi connectivity index (χ4v) is 2.12. The van der Waals surface area contributed by atoms with Crippen molar-refractivity contribution in [2.24, 2.45) is 5.92 Å². The molecule has 1 aliphatic heterocycles. The van der Waals surface area contributed by atoms with Gasteiger partial charge in [-0.15, -0.1) is 0 Å². The minimum Gasteiger partial charge on any atom is -0.462 e. The van der Waals surface area contributed by atoms with Crippen molar-refractivity contribution < 1.29 is 19.1 Å². The molecule has 17 heavy (non-hydrogen) atoms. The molecular formula is C12H11BrO4. The van der Waals surface area contributed by atoms with Crippen molar-refractivity contribution >= 4 is 27.9 Å². The Morgan fingerprint density at radius 2 is 2.29 bits per heavy atom. The Hall–Kier alpha value is -1.36. The molecule has 0 saturated heterocycles. The second kappa shape index (κ2) is 4.87. The van der Waals surface area contributed by atoms with E-state index in [-0.39, 0.29) is 24.2 Å². The fourth-order valence-electron chi connectivity index (χ4n) is 1.71. The van der Waals surface area contributed by atoms with E-state index in [9.17, 15) is 9.59 Å². The van der Waals surface area contributed by atoms with Gasteiger partial charge in [0.1, 0.15) is 11.7 Å². The molecular weight excluding hydrogens is 288 g/mol. The summed E-state index contributed by atoms with van der Waals surface area (Å²) in [5.74, 6) is -1.36. The molecule has 2 rings (SSSR count). The van der Waals surface area contributed by atoms with Crippen LogP contribution in [0.25, 0.3) is 0 Å². The van der Waals surface area contributed by atoms with E-state index in [0.717, 1.165) is 4.48 Å². The zero-order chi connectivity index (χ0) is 12.4. The van der Waals surface area contributed by atoms with Crippen LogP contribution in [0.3, 0.4) is 0 Å². The van der Waals surface area contributed by atoms with E-state index >= 15 is 0 Å². The van der Waals surface area contributed by atoms with E-state index in [1.165, 1.54) is 0 Å². The van der Waals surface area contributed by atoms with Gasteiger partial charge in [0.25, 0.3) is 0 Å². The Kier molecular flexibility index (Phi) is 3.47. The second-order valence-electron chi connectivity index (χ2n) is 3.66. The molecule has 0 N–H and O–H groups in total. The summed E-state index contributed by atoms with van der Waals surface area (Å²) in [5, 5.41) is 0. The lowest BCUT2D eigenvalue weighted by Crippen LogP contribution is -2.33. The number of esters is 2. The van der Waals surface area contributed by atoms with Crippen molar-refractivity contribution in [3.8, 4) is 0 Å². The third kappa shape index (κ3) is 2.49. The van der Waals surface area contributed by atoms with Crippen molar-refractivity contribution in [1.29, 1.82) is 0 Å². The molecule has 4 nitrogen and oxygen atoms in total. The Morgan fingerprint density at radius 1 is 1.53 bits per heavy atom. The lowest BCUT2D eigenvalue weighted by molar-refractivity contribution is -0.150. The summed E-state index contributed by atoms with van der Waals surface area (Å²) in [5.41, 5.74) is -0.0239. The number of ether oxygens (including phenoxy) is 2. The molecule has 90 valence electrons. The van der Waals surface area contributed by atoms with Crippen LogP contribution in [-0.4, -0.2) is 24.6 Å². The van der Waals surface area contributed by atoms with E-state index in [4.69, 9.17) is 9.47 Å². The van der Waals surface area contributed by atoms with Crippen LogP contribution >= 0.6 is 15.9 Å². The Bertz CT molecular complexity index is 447. The van der Waals surface area contributed by atoms with Gasteiger partial charge in [-0.1, -0.05) is 34.2 Å². The molecule has 0 radical (unpaired) electrons. The van der Waals surface area contributed by atoms with Crippen LogP contribution in [-0.2, 0) is 19.1 Å². The Morgan fingerprint density at radius 3 is 3.00 bits per heavy atom. The smallest absolute Gasteiger partial charge is 0.345 e. The molecule has 5 heteroatoms. The Labute approximate surface area is 107 Å². The highest BCUT2D eigenvalue weighted by Gasteiger charge is 2.34. The topological polar surface area (TPSA) is 52.6 Å². The predicted molar refractivity (Wildman–Crippen MR) is 64.2 cm³/mol. The molecule has 0 aromatic carbocycles. The van der Waals surface area contributed by atoms with Gasteiger partial charge in [0, 0.05) is 10.4 Å². The van der Waals surface area contributed by atoms with Crippen LogP contribution in [0.15, 0.2) is 34.4 Å². The highest BCUT2D eigenvalue weighted by Crippen LogP contribution is 2.29. The average molecular weight is 299 g/mol. The van der Waals surface area contributed by atoms with Crippen molar-refractivity contribution in [3.05, 3.63) is 34.4 Å². The van der Waals surface area contributed by atoms with Crippen molar-refractivity contribution in [3.63, 3.8) is 0 Å². The highest BCUT2D eigenvalue weighted by atomic mass is 79.9. The summed E-state index contributed by atoms with van der Waals surface area (Å²) in [6.45, 7) is 1.93. The summed E-state index contributed by atoms with van der Waals surface area (Å²) >= 11 is 3.31. The Balaban J connectivity index is 2.24. The number of carbonyl (C=O) groups is 2. The van der Waals surface area contributed by atoms with E-state index in [2.05, 4.69) is 15.9 Å². The molecule has 2 aliphatic rings. The minimum absolute atomic E-state index is 0.0239. The highest BCUT2D eigenvalue weighted by molar-refractivity contribution is 9.11. The molecule has 0 fully saturated rings. The quantitative estimate of drug-likeness (QED) is 0.577. The van der Waals surface area contributed by atoms with Crippen LogP contribution in [0.4, 0.5) is 0 Å². The molecule has 0 aromatic heterocycles. The van der Waals surface area contributed by atoms with E-state index in [1.807, 2.05) is 12.2 Å². The minimum atomic E-state index is -0.628. The maximum absolute atomic E-state index is 11.6. The first-order chi connectivity index (χ1) is 8.11. The number of rotatable bonds is 2. The van der Waals surface area contributed by atoms with E-state index in [0.29, 0.717) is 0 Å². The number of hydrogen-bond acceptors (Lipinski definition) is 4. The number of hydrogen-bond donors (Lipinski definition) is 0. The zero-order valence-electron chi connectivity index (χ0n) is 9.18. The lowest BCUT2D eigenvalue weighted by atomic mass is 9.92. The molecule has 0 bridgehead atoms. The van der Waals surface area contributed by atoms with Crippen LogP contribution in [0.1, 0.15) is 6.92 Å². The molecule has 1 heterocycles. The second-order valence-corrected chi connectivity index (χ2v) is 4.57. The van der Waals surface area contributed by atoms with Crippen molar-refractivity contribution in [2.45, 2.75) is 13.0 Å². The van der Waals surface area contributed by atoms with Gasteiger partial charge in [-0.3, -0.25) is 0 Å². The summed E-state index contributed by atoms with van der Waals surface area (Å²) in [7, 11) is 0. The third-order valence-electron chi connectivity index (χ3n) is 2.50. The standard InChI is InChI=1S/C12H11BrO4/c1-2-16-11(14)9-5-7-3-4-8(13)6-10(7)17-12(9)15/h3-7,10H,2H2,1H3. The van der Waals surface area contributed by atoms with Gasteiger partial charge >= 0.3 is 11.9 Å². The number of fused-ring (bicyclic) bond motifs is 1. The van der Waals surface area contributed by atoms with Gasteiger partial charge in [-0.25, -0.2) is 9.59 Å². The first-order valence-corrected chi connectivity index (χ1v) is 6.06. The molecule has 1 aliphatic carbocycles. The van der Waals surface area contributed by atoms with Crippen molar-refractivity contribution in [2.75, 3.05) is 6.61 Å². The molecule has 0 aromatic rings. The van der Waals surface area contributed by atoms with Crippen molar-refractivity contribution in [1.82, 2.24) is 0 Å². The van der Waals surface area contributed by atoms with Gasteiger partial charge in [0.2, 0.25) is 0 Å². The average Bonchev–Trinajstić information content (AvgIpc) is 2.28. The van der Waals surface area contributed by atoms with E-state index < -0.39 is 11.9 Å². The van der Waals surface area contributed by atoms with Crippen LogP contribution in [0, 0.1) is 5.92 Å². The van der Waals surface area contributed by atoms with Gasteiger partial charge < -0.3 is 9.47 Å². The van der Waals surface area contributed by atoms with Gasteiger partial charge in [-0.2, -0.15) is 0 Å². The summed E-state index contributed by atoms with van der Waals surface area (Å²) in [6.07, 6.45) is 6.78. The molecule has 2 atom stereocenters. The molecule has 2 unspecified atom stereocenters. The number of carbonyl (C=O) groups excluding carboxylic acids is 2. The normalized spacial score (nSPS) is 26.6. The van der Waals surface area contributed by atoms with Gasteiger partial charge in [0.05, 0.1) is 6.61 Å². The van der Waals surface area contributed by atoms with E-state index in [1.54, 1.807) is 19.1 Å². The predicted octanol–water partition coefficient (Wildman–Crippen LogP) is 1.87. The first kappa shape index (κ1) is 12.1. The SMILES string of the molecule is CCOC(=O)C1=CC2C=CC(Br)=CC2OC1=O. The maximum atomic E-state index is 11.6. The largest absolute Gasteiger partial charge is 0.462 e. The first-order valence-electron chi connectivity index (χ1n) is 5.27. The number of halogens is 1. The van der Waals surface area contributed by atoms with Gasteiger partial charge in [-0.05, 0) is 13.0 Å². The lowest BCUT2D eigenvalue weighted by Gasteiger charge is -2.27. The summed E-state index contributed by atoms with van der Waals surface area (Å²) in [4.78, 5) is 23.1. The summed E-state index contributed by atoms with van der Waals surface area (Å²) in [6, 6.07) is 0. The summed E-state index contributed by atoms with van der Waals surface area (Å²) < 4.78 is 10.8. The third-order valence-corrected chi connectivity index (χ3v) is 3.03. The fraction of sp³-hybridized carbons (Fsp3) is 0.333. The van der Waals surface area contributed by atoms with Crippen LogP contribution in [0.2, 0.25) is 0 Å². The molecule has 0 spiro atoms. The van der Waals surface area contributed by atoms with Crippen LogP contribution < -0.4 is 0 Å². The zero-order valence-corrected chi connectivity index (χ0v) is 10.8. The monoisotopic (exact) mass is 298 g/mol. The molecule has 0 amide bonds. The number of allylic oxidation sites excluding steroid dienone is 2. The van der Waals surface area contributed by atoms with Gasteiger partial charge in [0.15, 0.2) is 0 Å². The maximum Gasteiger partial charge on any atom is 0.345 e. The van der Waals surface area contributed by atoms with Crippen LogP contribution in [0.5, 0.6) is 0 Å².